The first kappa shape index (κ1) is 12.0. The van der Waals surface area contributed by atoms with Crippen LogP contribution in [0.3, 0.4) is 0 Å². The minimum absolute atomic E-state index is 0.0714. The average Bonchev–Trinajstić information content (AvgIpc) is 2.32. The van der Waals surface area contributed by atoms with Crippen molar-refractivity contribution in [3.8, 4) is 0 Å². The summed E-state index contributed by atoms with van der Waals surface area (Å²) >= 11 is 6.07. The van der Waals surface area contributed by atoms with Crippen LogP contribution in [0.4, 0.5) is 0 Å². The van der Waals surface area contributed by atoms with Crippen LogP contribution < -0.4 is 5.73 Å². The van der Waals surface area contributed by atoms with Crippen molar-refractivity contribution in [2.45, 2.75) is 19.4 Å². The molecule has 4 heteroatoms. The zero-order chi connectivity index (χ0) is 12.3. The molecule has 0 amide bonds. The Morgan fingerprint density at radius 2 is 1.94 bits per heavy atom. The first-order chi connectivity index (χ1) is 8.18. The van der Waals surface area contributed by atoms with E-state index in [4.69, 9.17) is 17.3 Å². The van der Waals surface area contributed by atoms with Crippen LogP contribution in [0, 0.1) is 6.92 Å². The zero-order valence-electron chi connectivity index (χ0n) is 9.60. The van der Waals surface area contributed by atoms with Gasteiger partial charge in [0, 0.05) is 30.8 Å². The van der Waals surface area contributed by atoms with E-state index in [-0.39, 0.29) is 6.04 Å². The molecule has 0 aromatic carbocycles. The summed E-state index contributed by atoms with van der Waals surface area (Å²) < 4.78 is 0. The van der Waals surface area contributed by atoms with Gasteiger partial charge in [0.15, 0.2) is 0 Å². The van der Waals surface area contributed by atoms with Crippen molar-refractivity contribution >= 4 is 11.6 Å². The van der Waals surface area contributed by atoms with E-state index in [0.29, 0.717) is 11.4 Å². The van der Waals surface area contributed by atoms with Crippen molar-refractivity contribution < 1.29 is 0 Å². The fraction of sp³-hybridized carbons (Fsp3) is 0.231. The Morgan fingerprint density at radius 1 is 1.24 bits per heavy atom. The predicted molar refractivity (Wildman–Crippen MR) is 68.9 cm³/mol. The Labute approximate surface area is 106 Å². The summed E-state index contributed by atoms with van der Waals surface area (Å²) in [5.74, 6) is 0. The van der Waals surface area contributed by atoms with Gasteiger partial charge < -0.3 is 5.73 Å². The molecule has 2 heterocycles. The van der Waals surface area contributed by atoms with Gasteiger partial charge in [0.05, 0.1) is 5.02 Å². The molecule has 1 unspecified atom stereocenters. The molecular formula is C13H14ClN3. The highest BCUT2D eigenvalue weighted by Gasteiger charge is 2.11. The van der Waals surface area contributed by atoms with E-state index in [9.17, 15) is 0 Å². The van der Waals surface area contributed by atoms with Crippen LogP contribution >= 0.6 is 11.6 Å². The molecule has 0 aliphatic heterocycles. The molecule has 88 valence electrons. The van der Waals surface area contributed by atoms with E-state index < -0.39 is 0 Å². The van der Waals surface area contributed by atoms with Crippen molar-refractivity contribution in [3.63, 3.8) is 0 Å². The molecular weight excluding hydrogens is 234 g/mol. The number of hydrogen-bond donors (Lipinski definition) is 1. The molecule has 0 saturated carbocycles. The summed E-state index contributed by atoms with van der Waals surface area (Å²) in [6, 6.07) is 3.78. The van der Waals surface area contributed by atoms with Gasteiger partial charge in [0.1, 0.15) is 0 Å². The molecule has 0 radical (unpaired) electrons. The first-order valence-corrected chi connectivity index (χ1v) is 5.80. The normalized spacial score (nSPS) is 12.4. The van der Waals surface area contributed by atoms with Crippen LogP contribution in [0.25, 0.3) is 0 Å². The summed E-state index contributed by atoms with van der Waals surface area (Å²) in [6.07, 6.45) is 7.66. The second-order valence-electron chi connectivity index (χ2n) is 4.01. The minimum Gasteiger partial charge on any atom is -0.324 e. The number of pyridine rings is 2. The quantitative estimate of drug-likeness (QED) is 0.907. The van der Waals surface area contributed by atoms with Crippen molar-refractivity contribution in [2.75, 3.05) is 0 Å². The van der Waals surface area contributed by atoms with E-state index in [1.54, 1.807) is 18.6 Å². The van der Waals surface area contributed by atoms with E-state index in [1.807, 2.05) is 25.3 Å². The van der Waals surface area contributed by atoms with E-state index in [0.717, 1.165) is 16.7 Å². The van der Waals surface area contributed by atoms with Crippen LogP contribution in [-0.4, -0.2) is 9.97 Å². The van der Waals surface area contributed by atoms with Gasteiger partial charge >= 0.3 is 0 Å². The van der Waals surface area contributed by atoms with Crippen molar-refractivity contribution in [1.29, 1.82) is 0 Å². The topological polar surface area (TPSA) is 51.8 Å². The Kier molecular flexibility index (Phi) is 3.71. The number of nitrogens with zero attached hydrogens (tertiary/aromatic N) is 2. The molecule has 0 spiro atoms. The number of hydrogen-bond acceptors (Lipinski definition) is 3. The smallest absolute Gasteiger partial charge is 0.0622 e. The molecule has 2 aromatic heterocycles. The molecule has 3 nitrogen and oxygen atoms in total. The third-order valence-corrected chi connectivity index (χ3v) is 3.10. The number of halogens is 1. The third kappa shape index (κ3) is 2.81. The van der Waals surface area contributed by atoms with Gasteiger partial charge in [-0.05, 0) is 42.2 Å². The van der Waals surface area contributed by atoms with Gasteiger partial charge in [0.2, 0.25) is 0 Å². The van der Waals surface area contributed by atoms with Crippen molar-refractivity contribution in [2.24, 2.45) is 5.73 Å². The Morgan fingerprint density at radius 3 is 2.65 bits per heavy atom. The number of rotatable bonds is 3. The van der Waals surface area contributed by atoms with Crippen LogP contribution in [-0.2, 0) is 6.42 Å². The monoisotopic (exact) mass is 247 g/mol. The number of aryl methyl sites for hydroxylation is 1. The summed E-state index contributed by atoms with van der Waals surface area (Å²) in [6.45, 7) is 2.01. The fourth-order valence-corrected chi connectivity index (χ4v) is 2.01. The zero-order valence-corrected chi connectivity index (χ0v) is 10.4. The maximum Gasteiger partial charge on any atom is 0.0622 e. The molecule has 1 atom stereocenters. The molecule has 0 aliphatic carbocycles. The lowest BCUT2D eigenvalue weighted by Gasteiger charge is -2.14. The standard InChI is InChI=1S/C13H14ClN3/c1-9-7-16-5-3-11(9)13(15)6-10-2-4-17-8-12(10)14/h2-5,7-8,13H,6,15H2,1H3. The fourth-order valence-electron chi connectivity index (χ4n) is 1.82. The second kappa shape index (κ2) is 5.25. The van der Waals surface area contributed by atoms with Crippen LogP contribution in [0.2, 0.25) is 5.02 Å². The highest BCUT2D eigenvalue weighted by atomic mass is 35.5. The van der Waals surface area contributed by atoms with E-state index in [1.165, 1.54) is 0 Å². The summed E-state index contributed by atoms with van der Waals surface area (Å²) in [7, 11) is 0. The summed E-state index contributed by atoms with van der Waals surface area (Å²) in [5, 5.41) is 0.662. The second-order valence-corrected chi connectivity index (χ2v) is 4.42. The number of nitrogens with two attached hydrogens (primary N) is 1. The molecule has 0 fully saturated rings. The van der Waals surface area contributed by atoms with Crippen LogP contribution in [0.5, 0.6) is 0 Å². The van der Waals surface area contributed by atoms with Gasteiger partial charge in [0.25, 0.3) is 0 Å². The predicted octanol–water partition coefficient (Wildman–Crippen LogP) is 2.68. The lowest BCUT2D eigenvalue weighted by molar-refractivity contribution is 0.714. The molecule has 2 rings (SSSR count). The maximum absolute atomic E-state index is 6.19. The lowest BCUT2D eigenvalue weighted by atomic mass is 9.98. The highest BCUT2D eigenvalue weighted by molar-refractivity contribution is 6.31. The van der Waals surface area contributed by atoms with Crippen LogP contribution in [0.15, 0.2) is 36.9 Å². The molecule has 0 aliphatic rings. The summed E-state index contributed by atoms with van der Waals surface area (Å²) in [4.78, 5) is 8.02. The molecule has 17 heavy (non-hydrogen) atoms. The summed E-state index contributed by atoms with van der Waals surface area (Å²) in [5.41, 5.74) is 9.42. The van der Waals surface area contributed by atoms with Crippen molar-refractivity contribution in [3.05, 3.63) is 58.6 Å². The average molecular weight is 248 g/mol. The number of aromatic nitrogens is 2. The molecule has 2 N–H and O–H groups in total. The Hall–Kier alpha value is -1.45. The van der Waals surface area contributed by atoms with Gasteiger partial charge in [-0.2, -0.15) is 0 Å². The molecule has 0 saturated heterocycles. The minimum atomic E-state index is -0.0714. The Bertz CT molecular complexity index is 514. The third-order valence-electron chi connectivity index (χ3n) is 2.76. The van der Waals surface area contributed by atoms with Crippen LogP contribution in [0.1, 0.15) is 22.7 Å². The Balaban J connectivity index is 2.20. The first-order valence-electron chi connectivity index (χ1n) is 5.43. The van der Waals surface area contributed by atoms with Gasteiger partial charge in [-0.15, -0.1) is 0 Å². The SMILES string of the molecule is Cc1cnccc1C(N)Cc1ccncc1Cl. The van der Waals surface area contributed by atoms with Gasteiger partial charge in [-0.25, -0.2) is 0 Å². The molecule has 2 aromatic rings. The van der Waals surface area contributed by atoms with Crippen molar-refractivity contribution in [1.82, 2.24) is 9.97 Å². The van der Waals surface area contributed by atoms with E-state index >= 15 is 0 Å². The maximum atomic E-state index is 6.19. The van der Waals surface area contributed by atoms with E-state index in [2.05, 4.69) is 9.97 Å². The van der Waals surface area contributed by atoms with Gasteiger partial charge in [-0.3, -0.25) is 9.97 Å². The van der Waals surface area contributed by atoms with Gasteiger partial charge in [-0.1, -0.05) is 11.6 Å². The highest BCUT2D eigenvalue weighted by Crippen LogP contribution is 2.22. The largest absolute Gasteiger partial charge is 0.324 e. The molecule has 0 bridgehead atoms. The lowest BCUT2D eigenvalue weighted by Crippen LogP contribution is -2.15.